The fraction of sp³-hybridized carbons (Fsp3) is 0.750. The summed E-state index contributed by atoms with van der Waals surface area (Å²) in [6.45, 7) is 6.93. The Hall–Kier alpha value is -0.910. The molecule has 1 heterocycles. The fourth-order valence-electron chi connectivity index (χ4n) is 1.57. The van der Waals surface area contributed by atoms with Gasteiger partial charge in [0.1, 0.15) is 5.82 Å². The molecule has 0 fully saturated rings. The first kappa shape index (κ1) is 14.2. The first-order valence-electron chi connectivity index (χ1n) is 6.16. The van der Waals surface area contributed by atoms with Crippen molar-refractivity contribution >= 4 is 0 Å². The van der Waals surface area contributed by atoms with Crippen molar-refractivity contribution in [3.05, 3.63) is 18.2 Å². The number of aryl methyl sites for hydroxylation is 1. The molecule has 1 aromatic rings. The van der Waals surface area contributed by atoms with Crippen LogP contribution in [0.3, 0.4) is 0 Å². The summed E-state index contributed by atoms with van der Waals surface area (Å²) in [5.41, 5.74) is 0. The summed E-state index contributed by atoms with van der Waals surface area (Å²) in [5.74, 6) is 1.07. The maximum atomic E-state index is 5.32. The molecule has 1 aromatic heterocycles. The van der Waals surface area contributed by atoms with E-state index in [0.29, 0.717) is 0 Å². The van der Waals surface area contributed by atoms with Crippen LogP contribution in [0.5, 0.6) is 0 Å². The molecule has 0 aromatic carbocycles. The second kappa shape index (κ2) is 9.15. The van der Waals surface area contributed by atoms with Gasteiger partial charge >= 0.3 is 0 Å². The third-order valence-corrected chi connectivity index (χ3v) is 2.46. The van der Waals surface area contributed by atoms with Gasteiger partial charge < -0.3 is 19.4 Å². The van der Waals surface area contributed by atoms with Crippen LogP contribution in [0.2, 0.25) is 0 Å². The van der Waals surface area contributed by atoms with Gasteiger partial charge in [0.05, 0.1) is 13.2 Å². The largest absolute Gasteiger partial charge is 0.383 e. The zero-order valence-corrected chi connectivity index (χ0v) is 10.8. The van der Waals surface area contributed by atoms with Gasteiger partial charge in [0.15, 0.2) is 0 Å². The highest BCUT2D eigenvalue weighted by atomic mass is 16.5. The van der Waals surface area contributed by atoms with Crippen LogP contribution in [0.25, 0.3) is 0 Å². The molecule has 0 aliphatic carbocycles. The van der Waals surface area contributed by atoms with Gasteiger partial charge in [0.25, 0.3) is 0 Å². The van der Waals surface area contributed by atoms with Gasteiger partial charge in [-0.1, -0.05) is 0 Å². The van der Waals surface area contributed by atoms with Crippen LogP contribution < -0.4 is 5.32 Å². The van der Waals surface area contributed by atoms with E-state index in [9.17, 15) is 0 Å². The number of methoxy groups -OCH3 is 1. The normalized spacial score (nSPS) is 10.9. The fourth-order valence-corrected chi connectivity index (χ4v) is 1.57. The van der Waals surface area contributed by atoms with Gasteiger partial charge in [-0.25, -0.2) is 4.98 Å². The first-order valence-corrected chi connectivity index (χ1v) is 6.16. The average molecular weight is 241 g/mol. The number of ether oxygens (including phenoxy) is 2. The summed E-state index contributed by atoms with van der Waals surface area (Å²) in [7, 11) is 1.70. The quantitative estimate of drug-likeness (QED) is 0.622. The molecule has 0 spiro atoms. The van der Waals surface area contributed by atoms with E-state index in [2.05, 4.69) is 14.9 Å². The molecule has 1 N–H and O–H groups in total. The summed E-state index contributed by atoms with van der Waals surface area (Å²) >= 11 is 0. The van der Waals surface area contributed by atoms with Crippen LogP contribution in [-0.2, 0) is 22.6 Å². The minimum absolute atomic E-state index is 0.727. The van der Waals surface area contributed by atoms with Crippen molar-refractivity contribution in [2.45, 2.75) is 26.4 Å². The van der Waals surface area contributed by atoms with Crippen molar-refractivity contribution in [1.29, 1.82) is 0 Å². The summed E-state index contributed by atoms with van der Waals surface area (Å²) < 4.78 is 12.5. The number of hydrogen-bond acceptors (Lipinski definition) is 4. The second-order valence-electron chi connectivity index (χ2n) is 3.76. The van der Waals surface area contributed by atoms with E-state index in [4.69, 9.17) is 9.47 Å². The Balaban J connectivity index is 2.22. The number of aromatic nitrogens is 2. The smallest absolute Gasteiger partial charge is 0.122 e. The van der Waals surface area contributed by atoms with Crippen LogP contribution in [0.1, 0.15) is 19.2 Å². The Morgan fingerprint density at radius 1 is 1.41 bits per heavy atom. The van der Waals surface area contributed by atoms with Crippen molar-refractivity contribution < 1.29 is 9.47 Å². The third kappa shape index (κ3) is 5.81. The van der Waals surface area contributed by atoms with Crippen molar-refractivity contribution in [2.24, 2.45) is 0 Å². The van der Waals surface area contributed by atoms with E-state index in [1.54, 1.807) is 7.11 Å². The molecule has 0 aliphatic rings. The maximum absolute atomic E-state index is 5.32. The molecule has 0 unspecified atom stereocenters. The highest BCUT2D eigenvalue weighted by Crippen LogP contribution is 1.99. The van der Waals surface area contributed by atoms with Crippen molar-refractivity contribution in [1.82, 2.24) is 14.9 Å². The topological polar surface area (TPSA) is 48.3 Å². The number of imidazole rings is 1. The molecule has 5 nitrogen and oxygen atoms in total. The number of rotatable bonds is 10. The van der Waals surface area contributed by atoms with Gasteiger partial charge in [0, 0.05) is 45.8 Å². The average Bonchev–Trinajstić information content (AvgIpc) is 2.78. The molecule has 98 valence electrons. The lowest BCUT2D eigenvalue weighted by atomic mass is 10.4. The summed E-state index contributed by atoms with van der Waals surface area (Å²) in [5, 5.41) is 3.29. The van der Waals surface area contributed by atoms with Crippen LogP contribution in [0.15, 0.2) is 12.4 Å². The Morgan fingerprint density at radius 3 is 3.06 bits per heavy atom. The highest BCUT2D eigenvalue weighted by molar-refractivity contribution is 4.91. The molecule has 0 saturated heterocycles. The number of nitrogens with one attached hydrogen (secondary N) is 1. The third-order valence-electron chi connectivity index (χ3n) is 2.46. The van der Waals surface area contributed by atoms with E-state index >= 15 is 0 Å². The lowest BCUT2D eigenvalue weighted by molar-refractivity contribution is 0.141. The van der Waals surface area contributed by atoms with Gasteiger partial charge in [-0.2, -0.15) is 0 Å². The van der Waals surface area contributed by atoms with Crippen molar-refractivity contribution in [3.8, 4) is 0 Å². The Labute approximate surface area is 103 Å². The van der Waals surface area contributed by atoms with Crippen LogP contribution >= 0.6 is 0 Å². The predicted octanol–water partition coefficient (Wildman–Crippen LogP) is 1.05. The van der Waals surface area contributed by atoms with Gasteiger partial charge in [-0.05, 0) is 13.3 Å². The molecule has 1 rings (SSSR count). The predicted molar refractivity (Wildman–Crippen MR) is 66.9 cm³/mol. The number of hydrogen-bond donors (Lipinski definition) is 1. The van der Waals surface area contributed by atoms with E-state index in [0.717, 1.165) is 51.7 Å². The van der Waals surface area contributed by atoms with Crippen LogP contribution in [0.4, 0.5) is 0 Å². The lowest BCUT2D eigenvalue weighted by Crippen LogP contribution is -2.21. The standard InChI is InChI=1S/C12H23N3O2/c1-3-17-9-4-7-15-8-5-14-12(15)11-13-6-10-16-2/h5,8,13H,3-4,6-7,9-11H2,1-2H3. The molecule has 5 heteroatoms. The van der Waals surface area contributed by atoms with E-state index in [1.165, 1.54) is 0 Å². The van der Waals surface area contributed by atoms with E-state index in [-0.39, 0.29) is 0 Å². The molecule has 0 atom stereocenters. The Bertz CT molecular complexity index is 263. The van der Waals surface area contributed by atoms with Crippen LogP contribution in [0, 0.1) is 0 Å². The highest BCUT2D eigenvalue weighted by Gasteiger charge is 2.01. The Kier molecular flexibility index (Phi) is 7.62. The molecular formula is C12H23N3O2. The monoisotopic (exact) mass is 241 g/mol. The summed E-state index contributed by atoms with van der Waals surface area (Å²) in [4.78, 5) is 4.33. The molecule has 17 heavy (non-hydrogen) atoms. The minimum atomic E-state index is 0.727. The summed E-state index contributed by atoms with van der Waals surface area (Å²) in [6.07, 6.45) is 4.88. The first-order chi connectivity index (χ1) is 8.38. The lowest BCUT2D eigenvalue weighted by Gasteiger charge is -2.08. The van der Waals surface area contributed by atoms with Crippen molar-refractivity contribution in [3.63, 3.8) is 0 Å². The number of nitrogens with zero attached hydrogens (tertiary/aromatic N) is 2. The van der Waals surface area contributed by atoms with Gasteiger partial charge in [-0.3, -0.25) is 0 Å². The SMILES string of the molecule is CCOCCCn1ccnc1CNCCOC. The summed E-state index contributed by atoms with van der Waals surface area (Å²) in [6, 6.07) is 0. The van der Waals surface area contributed by atoms with Gasteiger partial charge in [0.2, 0.25) is 0 Å². The molecule has 0 amide bonds. The van der Waals surface area contributed by atoms with Gasteiger partial charge in [-0.15, -0.1) is 0 Å². The molecule has 0 saturated carbocycles. The van der Waals surface area contributed by atoms with E-state index < -0.39 is 0 Å². The van der Waals surface area contributed by atoms with E-state index in [1.807, 2.05) is 19.3 Å². The zero-order valence-electron chi connectivity index (χ0n) is 10.8. The van der Waals surface area contributed by atoms with Crippen LogP contribution in [-0.4, -0.2) is 43.0 Å². The molecule has 0 aliphatic heterocycles. The molecule has 0 radical (unpaired) electrons. The van der Waals surface area contributed by atoms with Crippen molar-refractivity contribution in [2.75, 3.05) is 33.5 Å². The second-order valence-corrected chi connectivity index (χ2v) is 3.76. The molecule has 0 bridgehead atoms. The minimum Gasteiger partial charge on any atom is -0.383 e. The molecular weight excluding hydrogens is 218 g/mol. The maximum Gasteiger partial charge on any atom is 0.122 e. The Morgan fingerprint density at radius 2 is 2.29 bits per heavy atom. The zero-order chi connectivity index (χ0) is 12.3.